The number of anilines is 1. The zero-order valence-electron chi connectivity index (χ0n) is 17.9. The summed E-state index contributed by atoms with van der Waals surface area (Å²) in [4.78, 5) is 37.8. The third-order valence-electron chi connectivity index (χ3n) is 4.54. The van der Waals surface area contributed by atoms with Crippen molar-refractivity contribution in [1.82, 2.24) is 4.90 Å². The van der Waals surface area contributed by atoms with E-state index in [-0.39, 0.29) is 22.1 Å². The Morgan fingerprint density at radius 2 is 1.79 bits per heavy atom. The highest BCUT2D eigenvalue weighted by molar-refractivity contribution is 8.26. The molecule has 0 radical (unpaired) electrons. The zero-order chi connectivity index (χ0) is 24.1. The summed E-state index contributed by atoms with van der Waals surface area (Å²) in [6, 6.07) is 8.98. The Hall–Kier alpha value is -3.57. The van der Waals surface area contributed by atoms with E-state index in [4.69, 9.17) is 26.4 Å². The summed E-state index contributed by atoms with van der Waals surface area (Å²) in [5.41, 5.74) is 0.806. The van der Waals surface area contributed by atoms with Gasteiger partial charge in [-0.2, -0.15) is 0 Å². The second-order valence-corrected chi connectivity index (χ2v) is 8.32. The van der Waals surface area contributed by atoms with Crippen LogP contribution in [0.5, 0.6) is 17.2 Å². The Morgan fingerprint density at radius 3 is 2.36 bits per heavy atom. The van der Waals surface area contributed by atoms with Gasteiger partial charge in [0.2, 0.25) is 11.7 Å². The highest BCUT2D eigenvalue weighted by atomic mass is 32.2. The maximum Gasteiger partial charge on any atom is 0.266 e. The van der Waals surface area contributed by atoms with Gasteiger partial charge < -0.3 is 29.4 Å². The Bertz CT molecular complexity index is 1140. The number of carbonyl (C=O) groups excluding carboxylic acids is 3. The fourth-order valence-corrected chi connectivity index (χ4v) is 4.30. The summed E-state index contributed by atoms with van der Waals surface area (Å²) in [6.07, 6.45) is 1.62. The number of hydrogen-bond acceptors (Lipinski definition) is 9. The lowest BCUT2D eigenvalue weighted by atomic mass is 10.1. The number of nitrogens with zero attached hydrogens (tertiary/aromatic N) is 1. The van der Waals surface area contributed by atoms with Crippen LogP contribution < -0.4 is 24.6 Å². The third-order valence-corrected chi connectivity index (χ3v) is 5.92. The summed E-state index contributed by atoms with van der Waals surface area (Å²) in [7, 11) is 4.47. The predicted molar refractivity (Wildman–Crippen MR) is 125 cm³/mol. The van der Waals surface area contributed by atoms with Crippen LogP contribution in [0.4, 0.5) is 5.69 Å². The summed E-state index contributed by atoms with van der Waals surface area (Å²) < 4.78 is 16.2. The van der Waals surface area contributed by atoms with E-state index in [1.807, 2.05) is 0 Å². The van der Waals surface area contributed by atoms with Crippen LogP contribution in [0.25, 0.3) is 6.08 Å². The molecule has 2 aromatic carbocycles. The van der Waals surface area contributed by atoms with Crippen LogP contribution in [0.15, 0.2) is 41.3 Å². The first-order chi connectivity index (χ1) is 15.8. The molecule has 2 aromatic rings. The van der Waals surface area contributed by atoms with Gasteiger partial charge in [-0.3, -0.25) is 14.5 Å². The molecule has 3 rings (SSSR count). The van der Waals surface area contributed by atoms with Gasteiger partial charge in [-0.1, -0.05) is 36.1 Å². The standard InChI is InChI=1S/C22H20N2O7S2/c1-29-15-7-12(8-16(30-2)19(15)31-3)9-17-20(26)24(22(32)33-17)11-18(25)23-14-6-4-5-13(10-14)21(27)28/h4-10H,11H2,1-3H3,(H,23,25)(H,27,28)/p-1/b17-9-. The van der Waals surface area contributed by atoms with Gasteiger partial charge in [-0.05, 0) is 41.5 Å². The van der Waals surface area contributed by atoms with Crippen molar-refractivity contribution in [2.24, 2.45) is 0 Å². The minimum absolute atomic E-state index is 0.0771. The summed E-state index contributed by atoms with van der Waals surface area (Å²) in [5, 5.41) is 13.5. The molecule has 2 amide bonds. The third kappa shape index (κ3) is 5.44. The number of aromatic carboxylic acids is 1. The predicted octanol–water partition coefficient (Wildman–Crippen LogP) is 1.92. The molecule has 0 spiro atoms. The molecular weight excluding hydrogens is 468 g/mol. The molecule has 9 nitrogen and oxygen atoms in total. The molecule has 1 aliphatic heterocycles. The maximum atomic E-state index is 12.9. The number of carboxylic acid groups (broad SMARTS) is 1. The van der Waals surface area contributed by atoms with Crippen molar-refractivity contribution in [2.75, 3.05) is 33.2 Å². The van der Waals surface area contributed by atoms with Gasteiger partial charge in [0.15, 0.2) is 11.5 Å². The van der Waals surface area contributed by atoms with Crippen molar-refractivity contribution in [3.8, 4) is 17.2 Å². The van der Waals surface area contributed by atoms with Crippen LogP contribution in [-0.4, -0.2) is 54.9 Å². The maximum absolute atomic E-state index is 12.9. The van der Waals surface area contributed by atoms with Gasteiger partial charge in [-0.15, -0.1) is 0 Å². The molecule has 0 aliphatic carbocycles. The van der Waals surface area contributed by atoms with Crippen molar-refractivity contribution in [3.05, 3.63) is 52.4 Å². The number of thioether (sulfide) groups is 1. The minimum Gasteiger partial charge on any atom is -0.545 e. The van der Waals surface area contributed by atoms with Crippen molar-refractivity contribution < 1.29 is 33.7 Å². The molecule has 0 unspecified atom stereocenters. The number of ether oxygens (including phenoxy) is 3. The average Bonchev–Trinajstić information content (AvgIpc) is 3.05. The first kappa shape index (κ1) is 24.1. The number of rotatable bonds is 8. The van der Waals surface area contributed by atoms with E-state index >= 15 is 0 Å². The van der Waals surface area contributed by atoms with Gasteiger partial charge in [0.05, 0.1) is 32.2 Å². The quantitative estimate of drug-likeness (QED) is 0.440. The first-order valence-corrected chi connectivity index (χ1v) is 10.7. The topological polar surface area (TPSA) is 117 Å². The second kappa shape index (κ2) is 10.4. The normalized spacial score (nSPS) is 14.4. The molecule has 1 fully saturated rings. The van der Waals surface area contributed by atoms with E-state index in [1.54, 1.807) is 18.2 Å². The highest BCUT2D eigenvalue weighted by Gasteiger charge is 2.33. The number of methoxy groups -OCH3 is 3. The minimum atomic E-state index is -1.36. The molecule has 0 saturated carbocycles. The van der Waals surface area contributed by atoms with E-state index in [0.717, 1.165) is 11.8 Å². The van der Waals surface area contributed by atoms with E-state index < -0.39 is 17.8 Å². The van der Waals surface area contributed by atoms with Gasteiger partial charge >= 0.3 is 0 Å². The number of hydrogen-bond donors (Lipinski definition) is 1. The van der Waals surface area contributed by atoms with Gasteiger partial charge in [0.1, 0.15) is 10.9 Å². The summed E-state index contributed by atoms with van der Waals surface area (Å²) in [6.45, 7) is -0.327. The molecule has 1 saturated heterocycles. The monoisotopic (exact) mass is 487 g/mol. The molecular formula is C22H19N2O7S2-. The van der Waals surface area contributed by atoms with Gasteiger partial charge in [0.25, 0.3) is 5.91 Å². The summed E-state index contributed by atoms with van der Waals surface area (Å²) in [5.74, 6) is -1.05. The molecule has 33 heavy (non-hydrogen) atoms. The van der Waals surface area contributed by atoms with Crippen LogP contribution in [0.3, 0.4) is 0 Å². The van der Waals surface area contributed by atoms with Crippen molar-refractivity contribution in [2.45, 2.75) is 0 Å². The van der Waals surface area contributed by atoms with Crippen LogP contribution in [0, 0.1) is 0 Å². The van der Waals surface area contributed by atoms with E-state index in [0.29, 0.717) is 27.7 Å². The molecule has 11 heteroatoms. The van der Waals surface area contributed by atoms with E-state index in [9.17, 15) is 19.5 Å². The molecule has 1 aliphatic rings. The molecule has 1 N–H and O–H groups in total. The second-order valence-electron chi connectivity index (χ2n) is 6.64. The highest BCUT2D eigenvalue weighted by Crippen LogP contribution is 2.40. The number of benzene rings is 2. The van der Waals surface area contributed by atoms with Crippen molar-refractivity contribution in [3.63, 3.8) is 0 Å². The Balaban J connectivity index is 1.77. The number of nitrogens with one attached hydrogen (secondary N) is 1. The van der Waals surface area contributed by atoms with Crippen LogP contribution in [0.2, 0.25) is 0 Å². The average molecular weight is 488 g/mol. The number of thiocarbonyl (C=S) groups is 1. The Kier molecular flexibility index (Phi) is 7.56. The van der Waals surface area contributed by atoms with E-state index in [1.165, 1.54) is 50.5 Å². The fraction of sp³-hybridized carbons (Fsp3) is 0.182. The fourth-order valence-electron chi connectivity index (χ4n) is 3.04. The molecule has 172 valence electrons. The van der Waals surface area contributed by atoms with Crippen molar-refractivity contribution in [1.29, 1.82) is 0 Å². The zero-order valence-corrected chi connectivity index (χ0v) is 19.5. The summed E-state index contributed by atoms with van der Waals surface area (Å²) >= 11 is 6.34. The molecule has 0 atom stereocenters. The van der Waals surface area contributed by atoms with Crippen LogP contribution >= 0.6 is 24.0 Å². The smallest absolute Gasteiger partial charge is 0.266 e. The number of amides is 2. The van der Waals surface area contributed by atoms with E-state index in [2.05, 4.69) is 5.32 Å². The lowest BCUT2D eigenvalue weighted by Gasteiger charge is -2.15. The number of carboxylic acids is 1. The Labute approximate surface area is 199 Å². The van der Waals surface area contributed by atoms with Crippen molar-refractivity contribution >= 4 is 57.8 Å². The molecule has 1 heterocycles. The first-order valence-electron chi connectivity index (χ1n) is 9.44. The SMILES string of the molecule is COc1cc(/C=C2\SC(=S)N(CC(=O)Nc3cccc(C(=O)[O-])c3)C2=O)cc(OC)c1OC. The van der Waals surface area contributed by atoms with Gasteiger partial charge in [-0.25, -0.2) is 0 Å². The lowest BCUT2D eigenvalue weighted by molar-refractivity contribution is -0.255. The van der Waals surface area contributed by atoms with Crippen LogP contribution in [0.1, 0.15) is 15.9 Å². The molecule has 0 bridgehead atoms. The number of carbonyl (C=O) groups is 3. The molecule has 0 aromatic heterocycles. The van der Waals surface area contributed by atoms with Gasteiger partial charge in [0, 0.05) is 5.69 Å². The lowest BCUT2D eigenvalue weighted by Crippen LogP contribution is -2.36. The Morgan fingerprint density at radius 1 is 1.12 bits per heavy atom. The largest absolute Gasteiger partial charge is 0.545 e. The van der Waals surface area contributed by atoms with Crippen LogP contribution in [-0.2, 0) is 9.59 Å².